The Balaban J connectivity index is 1.32. The number of nitrogens with one attached hydrogen (secondary N) is 4. The summed E-state index contributed by atoms with van der Waals surface area (Å²) in [5.41, 5.74) is 0. The van der Waals surface area contributed by atoms with Gasteiger partial charge in [-0.3, -0.25) is 25.0 Å². The van der Waals surface area contributed by atoms with Gasteiger partial charge in [0, 0.05) is 44.8 Å². The van der Waals surface area contributed by atoms with Gasteiger partial charge >= 0.3 is 0 Å². The van der Waals surface area contributed by atoms with Gasteiger partial charge in [-0.2, -0.15) is 0 Å². The molecule has 0 radical (unpaired) electrons. The minimum absolute atomic E-state index is 0.00175. The third-order valence-corrected chi connectivity index (χ3v) is 9.18. The van der Waals surface area contributed by atoms with Crippen molar-refractivity contribution in [3.63, 3.8) is 0 Å². The third-order valence-electron chi connectivity index (χ3n) is 9.18. The predicted octanol–water partition coefficient (Wildman–Crippen LogP) is 2.44. The SMILES string of the molecule is C[C@H](NC(=O)[C@H](CC(=O)N1CCCC[C@@H]1C)NC(=O)CC1CCOCC1)C1NCC(CC2CCCCC2)N1. The maximum atomic E-state index is 13.5. The molecule has 3 heterocycles. The van der Waals surface area contributed by atoms with E-state index in [1.165, 1.54) is 38.5 Å². The lowest BCUT2D eigenvalue weighted by atomic mass is 9.85. The molecule has 0 aromatic carbocycles. The zero-order valence-corrected chi connectivity index (χ0v) is 23.6. The van der Waals surface area contributed by atoms with Crippen LogP contribution < -0.4 is 21.3 Å². The van der Waals surface area contributed by atoms with E-state index in [2.05, 4.69) is 28.2 Å². The molecule has 3 aliphatic heterocycles. The van der Waals surface area contributed by atoms with E-state index >= 15 is 0 Å². The standard InChI is InChI=1S/C29H51N5O4/c1-20-8-6-7-13-34(20)27(36)18-25(33-26(35)17-23-11-14-38-15-12-23)29(37)31-21(2)28-30-19-24(32-28)16-22-9-4-3-5-10-22/h20-25,28,30,32H,3-19H2,1-2H3,(H,31,37)(H,33,35)/t20-,21-,24?,25-,28?/m0/s1. The summed E-state index contributed by atoms with van der Waals surface area (Å²) in [4.78, 5) is 41.5. The third kappa shape index (κ3) is 8.65. The van der Waals surface area contributed by atoms with Crippen molar-refractivity contribution >= 4 is 17.7 Å². The largest absolute Gasteiger partial charge is 0.381 e. The first-order valence-corrected chi connectivity index (χ1v) is 15.4. The van der Waals surface area contributed by atoms with Crippen molar-refractivity contribution < 1.29 is 19.1 Å². The van der Waals surface area contributed by atoms with Crippen molar-refractivity contribution in [2.45, 2.75) is 128 Å². The molecule has 38 heavy (non-hydrogen) atoms. The van der Waals surface area contributed by atoms with E-state index in [0.717, 1.165) is 51.1 Å². The molecule has 1 aliphatic carbocycles. The van der Waals surface area contributed by atoms with Crippen LogP contribution in [0.15, 0.2) is 0 Å². The Labute approximate surface area is 228 Å². The number of likely N-dealkylation sites (tertiary alicyclic amines) is 1. The molecular weight excluding hydrogens is 482 g/mol. The Morgan fingerprint density at radius 1 is 0.947 bits per heavy atom. The van der Waals surface area contributed by atoms with Gasteiger partial charge in [-0.15, -0.1) is 0 Å². The average molecular weight is 534 g/mol. The molecule has 4 fully saturated rings. The molecule has 0 aromatic rings. The summed E-state index contributed by atoms with van der Waals surface area (Å²) in [5, 5.41) is 13.2. The quantitative estimate of drug-likeness (QED) is 0.343. The fraction of sp³-hybridized carbons (Fsp3) is 0.897. The van der Waals surface area contributed by atoms with Crippen LogP contribution >= 0.6 is 0 Å². The Bertz CT molecular complexity index is 783. The summed E-state index contributed by atoms with van der Waals surface area (Å²) in [5.74, 6) is 0.562. The Hall–Kier alpha value is -1.71. The lowest BCUT2D eigenvalue weighted by Gasteiger charge is -2.34. The zero-order valence-electron chi connectivity index (χ0n) is 23.6. The summed E-state index contributed by atoms with van der Waals surface area (Å²) in [6.45, 7) is 7.03. The first-order valence-electron chi connectivity index (χ1n) is 15.4. The molecule has 4 aliphatic rings. The van der Waals surface area contributed by atoms with Crippen molar-refractivity contribution in [3.8, 4) is 0 Å². The smallest absolute Gasteiger partial charge is 0.243 e. The molecule has 0 bridgehead atoms. The molecule has 9 nitrogen and oxygen atoms in total. The maximum absolute atomic E-state index is 13.5. The molecule has 9 heteroatoms. The highest BCUT2D eigenvalue weighted by molar-refractivity contribution is 5.92. The number of amides is 3. The van der Waals surface area contributed by atoms with E-state index < -0.39 is 6.04 Å². The normalized spacial score (nSPS) is 29.0. The summed E-state index contributed by atoms with van der Waals surface area (Å²) >= 11 is 0. The van der Waals surface area contributed by atoms with Crippen molar-refractivity contribution in [1.29, 1.82) is 0 Å². The maximum Gasteiger partial charge on any atom is 0.243 e. The highest BCUT2D eigenvalue weighted by atomic mass is 16.5. The van der Waals surface area contributed by atoms with Crippen LogP contribution in [0.1, 0.15) is 97.3 Å². The van der Waals surface area contributed by atoms with Crippen LogP contribution in [0.4, 0.5) is 0 Å². The molecule has 0 aromatic heterocycles. The topological polar surface area (TPSA) is 112 Å². The summed E-state index contributed by atoms with van der Waals surface area (Å²) < 4.78 is 5.41. The monoisotopic (exact) mass is 533 g/mol. The van der Waals surface area contributed by atoms with Gasteiger partial charge in [0.15, 0.2) is 0 Å². The van der Waals surface area contributed by atoms with E-state index in [0.29, 0.717) is 25.7 Å². The highest BCUT2D eigenvalue weighted by Gasteiger charge is 2.34. The Kier molecular flexibility index (Phi) is 11.3. The molecule has 4 N–H and O–H groups in total. The van der Waals surface area contributed by atoms with E-state index in [1.54, 1.807) is 0 Å². The predicted molar refractivity (Wildman–Crippen MR) is 147 cm³/mol. The molecule has 5 atom stereocenters. The fourth-order valence-electron chi connectivity index (χ4n) is 6.78. The van der Waals surface area contributed by atoms with Crippen molar-refractivity contribution in [2.75, 3.05) is 26.3 Å². The molecule has 4 rings (SSSR count). The van der Waals surface area contributed by atoms with Crippen molar-refractivity contribution in [3.05, 3.63) is 0 Å². The molecule has 3 saturated heterocycles. The number of nitrogens with zero attached hydrogens (tertiary/aromatic N) is 1. The van der Waals surface area contributed by atoms with Gasteiger partial charge < -0.3 is 20.3 Å². The number of carbonyl (C=O) groups is 3. The molecule has 3 amide bonds. The second-order valence-corrected chi connectivity index (χ2v) is 12.3. The zero-order chi connectivity index (χ0) is 26.9. The Morgan fingerprint density at radius 3 is 2.42 bits per heavy atom. The van der Waals surface area contributed by atoms with Gasteiger partial charge in [-0.1, -0.05) is 32.1 Å². The van der Waals surface area contributed by atoms with Gasteiger partial charge in [-0.25, -0.2) is 0 Å². The summed E-state index contributed by atoms with van der Waals surface area (Å²) in [7, 11) is 0. The van der Waals surface area contributed by atoms with Crippen LogP contribution in [0.3, 0.4) is 0 Å². The first kappa shape index (κ1) is 29.3. The minimum Gasteiger partial charge on any atom is -0.381 e. The van der Waals surface area contributed by atoms with Crippen molar-refractivity contribution in [2.24, 2.45) is 11.8 Å². The van der Waals surface area contributed by atoms with Crippen LogP contribution in [0, 0.1) is 11.8 Å². The number of hydrogen-bond donors (Lipinski definition) is 4. The van der Waals surface area contributed by atoms with E-state index in [4.69, 9.17) is 4.74 Å². The average Bonchev–Trinajstić information content (AvgIpc) is 3.38. The number of rotatable bonds is 10. The van der Waals surface area contributed by atoms with Crippen LogP contribution in [-0.4, -0.2) is 79.3 Å². The number of carbonyl (C=O) groups excluding carboxylic acids is 3. The van der Waals surface area contributed by atoms with E-state index in [9.17, 15) is 14.4 Å². The van der Waals surface area contributed by atoms with Gasteiger partial charge in [0.25, 0.3) is 0 Å². The Morgan fingerprint density at radius 2 is 1.68 bits per heavy atom. The molecule has 2 unspecified atom stereocenters. The van der Waals surface area contributed by atoms with Gasteiger partial charge in [0.05, 0.1) is 18.6 Å². The summed E-state index contributed by atoms with van der Waals surface area (Å²) in [6, 6.07) is -0.451. The van der Waals surface area contributed by atoms with Crippen molar-refractivity contribution in [1.82, 2.24) is 26.2 Å². The van der Waals surface area contributed by atoms with Gasteiger partial charge in [0.2, 0.25) is 17.7 Å². The fourth-order valence-corrected chi connectivity index (χ4v) is 6.78. The highest BCUT2D eigenvalue weighted by Crippen LogP contribution is 2.28. The second kappa shape index (κ2) is 14.6. The lowest BCUT2D eigenvalue weighted by Crippen LogP contribution is -2.57. The minimum atomic E-state index is -0.870. The van der Waals surface area contributed by atoms with Crippen LogP contribution in [0.5, 0.6) is 0 Å². The van der Waals surface area contributed by atoms with Crippen LogP contribution in [-0.2, 0) is 19.1 Å². The molecule has 0 spiro atoms. The number of ether oxygens (including phenoxy) is 1. The van der Waals surface area contributed by atoms with E-state index in [1.807, 2.05) is 11.8 Å². The van der Waals surface area contributed by atoms with Gasteiger partial charge in [-0.05, 0) is 64.2 Å². The van der Waals surface area contributed by atoms with Crippen LogP contribution in [0.2, 0.25) is 0 Å². The van der Waals surface area contributed by atoms with E-state index in [-0.39, 0.29) is 48.3 Å². The molecular formula is C29H51N5O4. The first-order chi connectivity index (χ1) is 18.4. The second-order valence-electron chi connectivity index (χ2n) is 12.3. The lowest BCUT2D eigenvalue weighted by molar-refractivity contribution is -0.138. The van der Waals surface area contributed by atoms with Crippen LogP contribution in [0.25, 0.3) is 0 Å². The number of piperidine rings is 1. The molecule has 1 saturated carbocycles. The van der Waals surface area contributed by atoms with Gasteiger partial charge in [0.1, 0.15) is 6.04 Å². The number of hydrogen-bond acceptors (Lipinski definition) is 6. The summed E-state index contributed by atoms with van der Waals surface area (Å²) in [6.07, 6.45) is 13.0. The molecule has 216 valence electrons.